The van der Waals surface area contributed by atoms with Gasteiger partial charge < -0.3 is 20.7 Å². The van der Waals surface area contributed by atoms with Crippen LogP contribution in [0.15, 0.2) is 24.3 Å². The summed E-state index contributed by atoms with van der Waals surface area (Å²) in [6.07, 6.45) is 0. The van der Waals surface area contributed by atoms with Crippen molar-refractivity contribution < 1.29 is 19.1 Å². The smallest absolute Gasteiger partial charge is 0.325 e. The minimum absolute atomic E-state index is 0.117. The van der Waals surface area contributed by atoms with E-state index in [1.165, 1.54) is 12.0 Å². The predicted octanol–water partition coefficient (Wildman–Crippen LogP) is 1.20. The maximum Gasteiger partial charge on any atom is 0.325 e. The molecule has 0 aliphatic rings. The van der Waals surface area contributed by atoms with Gasteiger partial charge in [-0.1, -0.05) is 0 Å². The van der Waals surface area contributed by atoms with Crippen LogP contribution in [0.25, 0.3) is 0 Å². The Morgan fingerprint density at radius 1 is 1.24 bits per heavy atom. The number of amides is 3. The van der Waals surface area contributed by atoms with E-state index in [1.807, 2.05) is 13.8 Å². The molecule has 1 rings (SSSR count). The molecular weight excluding hydrogens is 274 g/mol. The van der Waals surface area contributed by atoms with Gasteiger partial charge in [-0.2, -0.15) is 0 Å². The monoisotopic (exact) mass is 293 g/mol. The quantitative estimate of drug-likeness (QED) is 0.796. The number of carbonyl (C=O) groups is 3. The summed E-state index contributed by atoms with van der Waals surface area (Å²) >= 11 is 0. The van der Waals surface area contributed by atoms with E-state index in [4.69, 9.17) is 5.73 Å². The number of methoxy groups -OCH3 is 1. The Morgan fingerprint density at radius 3 is 2.24 bits per heavy atom. The first-order valence-corrected chi connectivity index (χ1v) is 6.39. The zero-order chi connectivity index (χ0) is 16.0. The highest BCUT2D eigenvalue weighted by Crippen LogP contribution is 2.13. The van der Waals surface area contributed by atoms with Gasteiger partial charge in [0.15, 0.2) is 0 Å². The average molecular weight is 293 g/mol. The predicted molar refractivity (Wildman–Crippen MR) is 77.8 cm³/mol. The van der Waals surface area contributed by atoms with Crippen molar-refractivity contribution in [3.05, 3.63) is 29.8 Å². The minimum atomic E-state index is -0.677. The maximum absolute atomic E-state index is 12.4. The Bertz CT molecular complexity index is 526. The van der Waals surface area contributed by atoms with Crippen LogP contribution in [0.3, 0.4) is 0 Å². The number of anilines is 1. The van der Waals surface area contributed by atoms with E-state index < -0.39 is 12.0 Å². The van der Waals surface area contributed by atoms with E-state index in [0.717, 1.165) is 0 Å². The number of benzene rings is 1. The topological polar surface area (TPSA) is 102 Å². The third-order valence-electron chi connectivity index (χ3n) is 2.81. The van der Waals surface area contributed by atoms with Gasteiger partial charge in [-0.15, -0.1) is 0 Å². The average Bonchev–Trinajstić information content (AvgIpc) is 2.43. The van der Waals surface area contributed by atoms with E-state index in [2.05, 4.69) is 10.1 Å². The van der Waals surface area contributed by atoms with Gasteiger partial charge in [0, 0.05) is 17.3 Å². The van der Waals surface area contributed by atoms with Crippen molar-refractivity contribution in [3.8, 4) is 0 Å². The molecule has 0 saturated heterocycles. The molecule has 114 valence electrons. The molecule has 7 nitrogen and oxygen atoms in total. The van der Waals surface area contributed by atoms with E-state index in [1.54, 1.807) is 24.3 Å². The van der Waals surface area contributed by atoms with Gasteiger partial charge in [-0.3, -0.25) is 9.59 Å². The molecule has 0 bridgehead atoms. The summed E-state index contributed by atoms with van der Waals surface area (Å²) in [5, 5.41) is 2.40. The molecule has 0 heterocycles. The number of ether oxygens (including phenoxy) is 1. The number of esters is 1. The zero-order valence-electron chi connectivity index (χ0n) is 12.3. The molecule has 3 amide bonds. The van der Waals surface area contributed by atoms with Crippen LogP contribution in [0, 0.1) is 0 Å². The van der Waals surface area contributed by atoms with E-state index >= 15 is 0 Å². The number of hydrogen-bond donors (Lipinski definition) is 2. The Kier molecular flexibility index (Phi) is 5.71. The van der Waals surface area contributed by atoms with Crippen molar-refractivity contribution in [1.29, 1.82) is 0 Å². The Morgan fingerprint density at radius 2 is 1.81 bits per heavy atom. The molecule has 1 aromatic carbocycles. The van der Waals surface area contributed by atoms with E-state index in [0.29, 0.717) is 11.3 Å². The molecule has 0 saturated carbocycles. The van der Waals surface area contributed by atoms with Gasteiger partial charge in [-0.05, 0) is 38.1 Å². The third kappa shape index (κ3) is 4.79. The second kappa shape index (κ2) is 7.28. The van der Waals surface area contributed by atoms with Crippen LogP contribution in [-0.4, -0.2) is 42.5 Å². The molecule has 3 N–H and O–H groups in total. The highest BCUT2D eigenvalue weighted by molar-refractivity contribution is 5.97. The lowest BCUT2D eigenvalue weighted by molar-refractivity contribution is -0.141. The van der Waals surface area contributed by atoms with Crippen LogP contribution < -0.4 is 11.1 Å². The summed E-state index contributed by atoms with van der Waals surface area (Å²) in [7, 11) is 1.27. The van der Waals surface area contributed by atoms with Crippen molar-refractivity contribution >= 4 is 23.6 Å². The SMILES string of the molecule is COC(=O)CN(C(=O)c1ccc(NC(N)=O)cc1)C(C)C. The first kappa shape index (κ1) is 16.5. The van der Waals surface area contributed by atoms with Crippen LogP contribution in [-0.2, 0) is 9.53 Å². The number of urea groups is 1. The molecule has 0 unspecified atom stereocenters. The summed E-state index contributed by atoms with van der Waals surface area (Å²) in [5.74, 6) is -0.773. The second-order valence-corrected chi connectivity index (χ2v) is 4.67. The summed E-state index contributed by atoms with van der Waals surface area (Å²) < 4.78 is 4.59. The Hall–Kier alpha value is -2.57. The molecule has 0 atom stereocenters. The molecule has 0 spiro atoms. The fraction of sp³-hybridized carbons (Fsp3) is 0.357. The lowest BCUT2D eigenvalue weighted by Gasteiger charge is -2.25. The first-order valence-electron chi connectivity index (χ1n) is 6.39. The van der Waals surface area contributed by atoms with Crippen molar-refractivity contribution in [2.24, 2.45) is 5.73 Å². The first-order chi connectivity index (χ1) is 9.85. The summed E-state index contributed by atoms with van der Waals surface area (Å²) in [6.45, 7) is 3.50. The largest absolute Gasteiger partial charge is 0.468 e. The van der Waals surface area contributed by atoms with Gasteiger partial charge >= 0.3 is 12.0 Å². The molecule has 0 aliphatic heterocycles. The molecular formula is C14H19N3O4. The van der Waals surface area contributed by atoms with Gasteiger partial charge in [-0.25, -0.2) is 4.79 Å². The summed E-state index contributed by atoms with van der Waals surface area (Å²) in [4.78, 5) is 35.9. The Labute approximate surface area is 123 Å². The zero-order valence-corrected chi connectivity index (χ0v) is 12.3. The van der Waals surface area contributed by atoms with Gasteiger partial charge in [0.1, 0.15) is 6.54 Å². The van der Waals surface area contributed by atoms with E-state index in [-0.39, 0.29) is 18.5 Å². The number of carbonyl (C=O) groups excluding carboxylic acids is 3. The summed E-state index contributed by atoms with van der Waals surface area (Å²) in [6, 6.07) is 5.41. The van der Waals surface area contributed by atoms with Crippen LogP contribution in [0.4, 0.5) is 10.5 Å². The molecule has 21 heavy (non-hydrogen) atoms. The molecule has 7 heteroatoms. The lowest BCUT2D eigenvalue weighted by atomic mass is 10.1. The molecule has 0 radical (unpaired) electrons. The molecule has 0 aromatic heterocycles. The van der Waals surface area contributed by atoms with Gasteiger partial charge in [0.25, 0.3) is 5.91 Å². The van der Waals surface area contributed by atoms with Gasteiger partial charge in [0.2, 0.25) is 0 Å². The maximum atomic E-state index is 12.4. The number of primary amides is 1. The molecule has 0 aliphatic carbocycles. The summed E-state index contributed by atoms with van der Waals surface area (Å²) in [5.41, 5.74) is 5.90. The van der Waals surface area contributed by atoms with Crippen LogP contribution in [0.5, 0.6) is 0 Å². The standard InChI is InChI=1S/C14H19N3O4/c1-9(2)17(8-12(18)21-3)13(19)10-4-6-11(7-5-10)16-14(15)20/h4-7,9H,8H2,1-3H3,(H3,15,16,20). The van der Waals surface area contributed by atoms with Crippen molar-refractivity contribution in [2.75, 3.05) is 19.0 Å². The van der Waals surface area contributed by atoms with Gasteiger partial charge in [0.05, 0.1) is 7.11 Å². The minimum Gasteiger partial charge on any atom is -0.468 e. The fourth-order valence-electron chi connectivity index (χ4n) is 1.70. The van der Waals surface area contributed by atoms with Crippen molar-refractivity contribution in [1.82, 2.24) is 4.90 Å². The van der Waals surface area contributed by atoms with E-state index in [9.17, 15) is 14.4 Å². The van der Waals surface area contributed by atoms with Crippen molar-refractivity contribution in [2.45, 2.75) is 19.9 Å². The Balaban J connectivity index is 2.88. The second-order valence-electron chi connectivity index (χ2n) is 4.67. The highest BCUT2D eigenvalue weighted by Gasteiger charge is 2.21. The number of nitrogens with one attached hydrogen (secondary N) is 1. The highest BCUT2D eigenvalue weighted by atomic mass is 16.5. The van der Waals surface area contributed by atoms with Crippen LogP contribution in [0.1, 0.15) is 24.2 Å². The number of nitrogens with zero attached hydrogens (tertiary/aromatic N) is 1. The lowest BCUT2D eigenvalue weighted by Crippen LogP contribution is -2.41. The number of nitrogens with two attached hydrogens (primary N) is 1. The number of hydrogen-bond acceptors (Lipinski definition) is 4. The third-order valence-corrected chi connectivity index (χ3v) is 2.81. The molecule has 0 fully saturated rings. The fourth-order valence-corrected chi connectivity index (χ4v) is 1.70. The van der Waals surface area contributed by atoms with Crippen molar-refractivity contribution in [3.63, 3.8) is 0 Å². The normalized spacial score (nSPS) is 10.1. The van der Waals surface area contributed by atoms with Crippen LogP contribution >= 0.6 is 0 Å². The molecule has 1 aromatic rings. The number of rotatable bonds is 5. The van der Waals surface area contributed by atoms with Crippen LogP contribution in [0.2, 0.25) is 0 Å².